The van der Waals surface area contributed by atoms with Crippen molar-refractivity contribution in [2.45, 2.75) is 51.7 Å². The van der Waals surface area contributed by atoms with Crippen LogP contribution in [-0.2, 0) is 9.53 Å². The summed E-state index contributed by atoms with van der Waals surface area (Å²) < 4.78 is 10.7. The molecule has 1 fully saturated rings. The van der Waals surface area contributed by atoms with E-state index >= 15 is 0 Å². The van der Waals surface area contributed by atoms with E-state index in [-0.39, 0.29) is 12.5 Å². The molecule has 0 aliphatic carbocycles. The number of nitrogens with zero attached hydrogens (tertiary/aromatic N) is 2. The molecule has 8 nitrogen and oxygen atoms in total. The number of carboxylic acid groups (broad SMARTS) is 1. The van der Waals surface area contributed by atoms with Crippen LogP contribution in [0.5, 0.6) is 5.75 Å². The summed E-state index contributed by atoms with van der Waals surface area (Å²) in [6.07, 6.45) is 1.43. The number of carbonyl (C=O) groups excluding carboxylic acids is 1. The van der Waals surface area contributed by atoms with Gasteiger partial charge in [-0.2, -0.15) is 0 Å². The Morgan fingerprint density at radius 3 is 2.70 bits per heavy atom. The van der Waals surface area contributed by atoms with Crippen LogP contribution in [0.3, 0.4) is 0 Å². The van der Waals surface area contributed by atoms with Crippen molar-refractivity contribution in [1.82, 2.24) is 9.88 Å². The Labute approximate surface area is 198 Å². The fraction of sp³-hybridized carbons (Fsp3) is 0.542. The Hall–Kier alpha value is -2.58. The van der Waals surface area contributed by atoms with E-state index in [1.165, 1.54) is 11.1 Å². The number of hydrogen-bond acceptors (Lipinski definition) is 6. The van der Waals surface area contributed by atoms with Crippen molar-refractivity contribution in [3.63, 3.8) is 0 Å². The molecule has 0 spiro atoms. The molecule has 1 unspecified atom stereocenters. The van der Waals surface area contributed by atoms with E-state index in [2.05, 4.69) is 4.98 Å². The highest BCUT2D eigenvalue weighted by atomic mass is 35.5. The molecule has 2 heterocycles. The van der Waals surface area contributed by atoms with Gasteiger partial charge in [-0.1, -0.05) is 11.6 Å². The minimum absolute atomic E-state index is 0.0845. The van der Waals surface area contributed by atoms with Gasteiger partial charge in [0.2, 0.25) is 0 Å². The van der Waals surface area contributed by atoms with Gasteiger partial charge in [-0.3, -0.25) is 9.78 Å². The van der Waals surface area contributed by atoms with E-state index < -0.39 is 29.7 Å². The molecule has 1 aromatic carbocycles. The summed E-state index contributed by atoms with van der Waals surface area (Å²) in [5.41, 5.74) is 0.591. The summed E-state index contributed by atoms with van der Waals surface area (Å²) in [7, 11) is 1.56. The highest BCUT2D eigenvalue weighted by Gasteiger charge is 2.37. The number of pyridine rings is 1. The number of amides is 1. The van der Waals surface area contributed by atoms with E-state index in [0.29, 0.717) is 53.0 Å². The predicted molar refractivity (Wildman–Crippen MR) is 125 cm³/mol. The number of aliphatic hydroxyl groups is 1. The Bertz CT molecular complexity index is 1020. The van der Waals surface area contributed by atoms with E-state index in [0.717, 1.165) is 0 Å². The van der Waals surface area contributed by atoms with Crippen LogP contribution in [-0.4, -0.2) is 58.0 Å². The van der Waals surface area contributed by atoms with Crippen molar-refractivity contribution in [2.24, 2.45) is 11.8 Å². The fourth-order valence-corrected chi connectivity index (χ4v) is 4.54. The van der Waals surface area contributed by atoms with Crippen LogP contribution in [0.4, 0.5) is 4.79 Å². The van der Waals surface area contributed by atoms with Gasteiger partial charge in [0.1, 0.15) is 11.4 Å². The van der Waals surface area contributed by atoms with Gasteiger partial charge < -0.3 is 24.6 Å². The fourth-order valence-electron chi connectivity index (χ4n) is 4.27. The Balaban J connectivity index is 1.72. The average molecular weight is 479 g/mol. The molecule has 2 N–H and O–H groups in total. The molecule has 0 bridgehead atoms. The van der Waals surface area contributed by atoms with Crippen LogP contribution in [0.2, 0.25) is 5.02 Å². The number of hydrogen-bond donors (Lipinski definition) is 2. The lowest BCUT2D eigenvalue weighted by Gasteiger charge is -2.37. The summed E-state index contributed by atoms with van der Waals surface area (Å²) in [4.78, 5) is 30.1. The van der Waals surface area contributed by atoms with Gasteiger partial charge in [0.25, 0.3) is 0 Å². The highest BCUT2D eigenvalue weighted by Crippen LogP contribution is 2.37. The molecule has 1 amide bonds. The van der Waals surface area contributed by atoms with E-state index in [9.17, 15) is 19.8 Å². The molecule has 33 heavy (non-hydrogen) atoms. The third kappa shape index (κ3) is 6.06. The van der Waals surface area contributed by atoms with Gasteiger partial charge in [0, 0.05) is 30.2 Å². The van der Waals surface area contributed by atoms with E-state index in [1.807, 2.05) is 0 Å². The smallest absolute Gasteiger partial charge is 0.410 e. The first kappa shape index (κ1) is 25.1. The summed E-state index contributed by atoms with van der Waals surface area (Å²) >= 11 is 6.39. The number of fused-ring (bicyclic) bond motifs is 1. The number of aliphatic hydroxyl groups excluding tert-OH is 1. The molecule has 1 aliphatic rings. The monoisotopic (exact) mass is 478 g/mol. The number of carboxylic acids is 1. The first-order chi connectivity index (χ1) is 15.5. The number of carbonyl (C=O) groups is 2. The zero-order valence-electron chi connectivity index (χ0n) is 19.4. The SMILES string of the molecule is COc1ccc2ncc(Cl)c([C@H](O)CCC3CCN(C(=O)OC(C)(C)C)C[C@H]3C(=O)O)c2c1. The second kappa shape index (κ2) is 10.1. The maximum absolute atomic E-state index is 12.4. The molecule has 3 rings (SSSR count). The molecule has 1 aromatic heterocycles. The number of rotatable bonds is 6. The van der Waals surface area contributed by atoms with Crippen molar-refractivity contribution >= 4 is 34.6 Å². The summed E-state index contributed by atoms with van der Waals surface area (Å²) in [5, 5.41) is 21.8. The summed E-state index contributed by atoms with van der Waals surface area (Å²) in [6.45, 7) is 5.82. The first-order valence-corrected chi connectivity index (χ1v) is 11.4. The summed E-state index contributed by atoms with van der Waals surface area (Å²) in [5.74, 6) is -1.25. The normalized spacial score (nSPS) is 19.9. The van der Waals surface area contributed by atoms with Crippen LogP contribution >= 0.6 is 11.6 Å². The predicted octanol–water partition coefficient (Wildman–Crippen LogP) is 4.67. The van der Waals surface area contributed by atoms with Gasteiger partial charge in [-0.05, 0) is 64.2 Å². The minimum atomic E-state index is -0.958. The Morgan fingerprint density at radius 1 is 1.33 bits per heavy atom. The topological polar surface area (TPSA) is 109 Å². The number of aromatic nitrogens is 1. The largest absolute Gasteiger partial charge is 0.497 e. The maximum atomic E-state index is 12.4. The van der Waals surface area contributed by atoms with Gasteiger partial charge in [0.05, 0.1) is 29.7 Å². The van der Waals surface area contributed by atoms with Crippen molar-refractivity contribution in [3.05, 3.63) is 35.0 Å². The molecular weight excluding hydrogens is 448 g/mol. The van der Waals surface area contributed by atoms with Crippen molar-refractivity contribution in [3.8, 4) is 5.75 Å². The molecule has 9 heteroatoms. The number of benzene rings is 1. The van der Waals surface area contributed by atoms with E-state index in [1.54, 1.807) is 46.1 Å². The van der Waals surface area contributed by atoms with Crippen LogP contribution in [0.25, 0.3) is 10.9 Å². The maximum Gasteiger partial charge on any atom is 0.410 e. The van der Waals surface area contributed by atoms with Crippen molar-refractivity contribution in [1.29, 1.82) is 0 Å². The van der Waals surface area contributed by atoms with Crippen LogP contribution in [0.15, 0.2) is 24.4 Å². The molecule has 3 atom stereocenters. The van der Waals surface area contributed by atoms with Crippen LogP contribution < -0.4 is 4.74 Å². The third-order valence-electron chi connectivity index (χ3n) is 5.94. The van der Waals surface area contributed by atoms with Gasteiger partial charge in [0.15, 0.2) is 0 Å². The lowest BCUT2D eigenvalue weighted by atomic mass is 9.81. The van der Waals surface area contributed by atoms with Crippen molar-refractivity contribution < 1.29 is 29.3 Å². The van der Waals surface area contributed by atoms with Crippen molar-refractivity contribution in [2.75, 3.05) is 20.2 Å². The van der Waals surface area contributed by atoms with Crippen LogP contribution in [0.1, 0.15) is 51.7 Å². The molecule has 0 saturated carbocycles. The van der Waals surface area contributed by atoms with E-state index in [4.69, 9.17) is 21.1 Å². The number of piperidine rings is 1. The molecular formula is C24H31ClN2O6. The highest BCUT2D eigenvalue weighted by molar-refractivity contribution is 6.32. The first-order valence-electron chi connectivity index (χ1n) is 11.0. The lowest BCUT2D eigenvalue weighted by Crippen LogP contribution is -2.48. The zero-order valence-corrected chi connectivity index (χ0v) is 20.1. The zero-order chi connectivity index (χ0) is 24.3. The average Bonchev–Trinajstić information content (AvgIpc) is 2.75. The second-order valence-corrected chi connectivity index (χ2v) is 9.82. The number of halogens is 1. The van der Waals surface area contributed by atoms with Gasteiger partial charge in [-0.15, -0.1) is 0 Å². The minimum Gasteiger partial charge on any atom is -0.497 e. The molecule has 1 saturated heterocycles. The number of methoxy groups -OCH3 is 1. The summed E-state index contributed by atoms with van der Waals surface area (Å²) in [6, 6.07) is 5.37. The number of likely N-dealkylation sites (tertiary alicyclic amines) is 1. The standard InChI is InChI=1S/C24H31ClN2O6/c1-24(2,3)33-23(31)27-10-9-14(17(13-27)22(29)30)5-8-20(28)21-16-11-15(32-4)6-7-19(16)26-12-18(21)25/h6-7,11-12,14,17,20,28H,5,8-10,13H2,1-4H3,(H,29,30)/t14?,17-,20-/m1/s1. The second-order valence-electron chi connectivity index (χ2n) is 9.42. The quantitative estimate of drug-likeness (QED) is 0.620. The molecule has 0 radical (unpaired) electrons. The number of aliphatic carboxylic acids is 1. The lowest BCUT2D eigenvalue weighted by molar-refractivity contribution is -0.146. The van der Waals surface area contributed by atoms with Gasteiger partial charge in [-0.25, -0.2) is 4.79 Å². The number of ether oxygens (including phenoxy) is 2. The molecule has 2 aromatic rings. The molecule has 1 aliphatic heterocycles. The molecule has 180 valence electrons. The van der Waals surface area contributed by atoms with Crippen LogP contribution in [0, 0.1) is 11.8 Å². The van der Waals surface area contributed by atoms with Gasteiger partial charge >= 0.3 is 12.1 Å². The Kier molecular flexibility index (Phi) is 7.69. The Morgan fingerprint density at radius 2 is 2.06 bits per heavy atom. The third-order valence-corrected chi connectivity index (χ3v) is 6.24.